The van der Waals surface area contributed by atoms with Crippen molar-refractivity contribution in [1.82, 2.24) is 24.9 Å². The summed E-state index contributed by atoms with van der Waals surface area (Å²) < 4.78 is 90.5. The third kappa shape index (κ3) is 8.59. The molecule has 0 aliphatic carbocycles. The maximum absolute atomic E-state index is 14.6. The fourth-order valence-electron chi connectivity index (χ4n) is 3.79. The van der Waals surface area contributed by atoms with Gasteiger partial charge in [-0.25, -0.2) is 17.9 Å². The van der Waals surface area contributed by atoms with Gasteiger partial charge >= 0.3 is 6.36 Å². The first-order chi connectivity index (χ1) is 20.0. The number of carbonyl (C=O) groups is 1. The van der Waals surface area contributed by atoms with Crippen molar-refractivity contribution < 1.29 is 40.6 Å². The number of amides is 1. The summed E-state index contributed by atoms with van der Waals surface area (Å²) in [6.07, 6.45) is -3.76. The fraction of sp³-hybridized carbons (Fsp3) is 0.259. The Labute approximate surface area is 234 Å². The summed E-state index contributed by atoms with van der Waals surface area (Å²) in [4.78, 5) is 24.7. The van der Waals surface area contributed by atoms with Crippen LogP contribution in [0.15, 0.2) is 71.8 Å². The number of benzene rings is 2. The van der Waals surface area contributed by atoms with Crippen molar-refractivity contribution in [3.63, 3.8) is 0 Å². The molecule has 1 N–H and O–H groups in total. The summed E-state index contributed by atoms with van der Waals surface area (Å²) in [6.45, 7) is -0.610. The topological polar surface area (TPSA) is 100 Å². The van der Waals surface area contributed by atoms with Gasteiger partial charge in [-0.3, -0.25) is 9.59 Å². The van der Waals surface area contributed by atoms with Crippen molar-refractivity contribution in [1.29, 1.82) is 0 Å². The van der Waals surface area contributed by atoms with Crippen molar-refractivity contribution in [3.05, 3.63) is 106 Å². The van der Waals surface area contributed by atoms with Crippen LogP contribution in [-0.4, -0.2) is 38.0 Å². The molecule has 1 atom stereocenters. The average molecular weight is 596 g/mol. The van der Waals surface area contributed by atoms with Crippen LogP contribution in [0.2, 0.25) is 0 Å². The van der Waals surface area contributed by atoms with Gasteiger partial charge in [-0.05, 0) is 47.9 Å². The number of nitrogens with one attached hydrogen (secondary N) is 1. The normalized spacial score (nSPS) is 12.1. The molecule has 0 fully saturated rings. The molecule has 1 amide bonds. The van der Waals surface area contributed by atoms with E-state index >= 15 is 0 Å². The Balaban J connectivity index is 1.24. The largest absolute Gasteiger partial charge is 0.573 e. The lowest BCUT2D eigenvalue weighted by molar-refractivity contribution is -0.274. The molecule has 0 bridgehead atoms. The van der Waals surface area contributed by atoms with Crippen molar-refractivity contribution in [2.45, 2.75) is 45.2 Å². The molecule has 9 nitrogen and oxygen atoms in total. The van der Waals surface area contributed by atoms with E-state index in [1.165, 1.54) is 47.3 Å². The molecule has 0 saturated heterocycles. The number of pyridine rings is 1. The zero-order valence-corrected chi connectivity index (χ0v) is 21.7. The quantitative estimate of drug-likeness (QED) is 0.241. The molecule has 222 valence electrons. The van der Waals surface area contributed by atoms with Gasteiger partial charge in [0.05, 0.1) is 12.7 Å². The molecule has 0 aliphatic rings. The average Bonchev–Trinajstić information content (AvgIpc) is 3.39. The molecule has 2 aromatic carbocycles. The summed E-state index contributed by atoms with van der Waals surface area (Å²) in [6, 6.07) is 11.1. The second-order valence-corrected chi connectivity index (χ2v) is 9.00. The van der Waals surface area contributed by atoms with E-state index in [9.17, 15) is 35.9 Å². The van der Waals surface area contributed by atoms with Gasteiger partial charge in [0, 0.05) is 25.4 Å². The van der Waals surface area contributed by atoms with Gasteiger partial charge in [0.25, 0.3) is 11.5 Å². The highest BCUT2D eigenvalue weighted by molar-refractivity contribution is 5.91. The first-order valence-corrected chi connectivity index (χ1v) is 12.4. The van der Waals surface area contributed by atoms with Gasteiger partial charge in [-0.15, -0.1) is 18.3 Å². The van der Waals surface area contributed by atoms with E-state index in [1.807, 2.05) is 0 Å². The summed E-state index contributed by atoms with van der Waals surface area (Å²) >= 11 is 0. The van der Waals surface area contributed by atoms with Gasteiger partial charge in [0.2, 0.25) is 0 Å². The van der Waals surface area contributed by atoms with Crippen LogP contribution >= 0.6 is 0 Å². The van der Waals surface area contributed by atoms with Gasteiger partial charge < -0.3 is 19.4 Å². The number of nitrogens with zero attached hydrogens (tertiary/aromatic N) is 4. The number of ether oxygens (including phenoxy) is 2. The molecular weight excluding hydrogens is 572 g/mol. The Morgan fingerprint density at radius 2 is 1.76 bits per heavy atom. The Morgan fingerprint density at radius 1 is 1.02 bits per heavy atom. The predicted molar refractivity (Wildman–Crippen MR) is 135 cm³/mol. The molecule has 42 heavy (non-hydrogen) atoms. The Kier molecular flexibility index (Phi) is 9.49. The Hall–Kier alpha value is -4.82. The highest BCUT2D eigenvalue weighted by Crippen LogP contribution is 2.24. The maximum Gasteiger partial charge on any atom is 0.573 e. The van der Waals surface area contributed by atoms with E-state index in [4.69, 9.17) is 4.74 Å². The summed E-state index contributed by atoms with van der Waals surface area (Å²) in [7, 11) is 0. The van der Waals surface area contributed by atoms with Gasteiger partial charge in [-0.1, -0.05) is 23.4 Å². The predicted octanol–water partition coefficient (Wildman–Crippen LogP) is 4.55. The van der Waals surface area contributed by atoms with Gasteiger partial charge in [0.15, 0.2) is 23.1 Å². The SMILES string of the molecule is O=C(NCc1cccc(OC(F)(F)F)c1)c1cn(CC(F)CCn2ccc(COc3c(F)cccc3F)cc2=O)nn1. The second-order valence-electron chi connectivity index (χ2n) is 9.00. The lowest BCUT2D eigenvalue weighted by Gasteiger charge is -2.11. The Morgan fingerprint density at radius 3 is 2.48 bits per heavy atom. The molecule has 0 aliphatic heterocycles. The molecule has 0 saturated carbocycles. The number of para-hydroxylation sites is 1. The summed E-state index contributed by atoms with van der Waals surface area (Å²) in [5.41, 5.74) is 0.115. The van der Waals surface area contributed by atoms with Crippen LogP contribution in [0.3, 0.4) is 0 Å². The zero-order valence-electron chi connectivity index (χ0n) is 21.7. The van der Waals surface area contributed by atoms with Crippen LogP contribution in [0.25, 0.3) is 0 Å². The van der Waals surface area contributed by atoms with Crippen molar-refractivity contribution >= 4 is 5.91 Å². The number of carbonyl (C=O) groups excluding carboxylic acids is 1. The maximum atomic E-state index is 14.6. The minimum absolute atomic E-state index is 0.0161. The monoisotopic (exact) mass is 595 g/mol. The zero-order chi connectivity index (χ0) is 30.3. The summed E-state index contributed by atoms with van der Waals surface area (Å²) in [5, 5.41) is 9.88. The fourth-order valence-corrected chi connectivity index (χ4v) is 3.79. The van der Waals surface area contributed by atoms with E-state index in [0.29, 0.717) is 11.1 Å². The van der Waals surface area contributed by atoms with Crippen LogP contribution in [-0.2, 0) is 26.2 Å². The standard InChI is InChI=1S/C27H23F6N5O4/c28-19(8-10-37-9-7-18(12-24(37)39)16-41-25-21(29)5-2-6-22(25)30)14-38-15-23(35-36-38)26(40)34-13-17-3-1-4-20(11-17)42-27(31,32)33/h1-7,9,11-12,15,19H,8,10,13-14,16H2,(H,34,40). The van der Waals surface area contributed by atoms with Gasteiger partial charge in [-0.2, -0.15) is 0 Å². The molecule has 4 rings (SSSR count). The second kappa shape index (κ2) is 13.2. The first kappa shape index (κ1) is 30.1. The lowest BCUT2D eigenvalue weighted by atomic mass is 10.2. The third-order valence-corrected chi connectivity index (χ3v) is 5.79. The third-order valence-electron chi connectivity index (χ3n) is 5.79. The number of halogens is 6. The highest BCUT2D eigenvalue weighted by Gasteiger charge is 2.31. The van der Waals surface area contributed by atoms with E-state index in [-0.39, 0.29) is 38.4 Å². The van der Waals surface area contributed by atoms with Crippen LogP contribution in [0.1, 0.15) is 28.0 Å². The molecule has 2 heterocycles. The van der Waals surface area contributed by atoms with Crippen molar-refractivity contribution in [2.24, 2.45) is 0 Å². The highest BCUT2D eigenvalue weighted by atomic mass is 19.4. The van der Waals surface area contributed by atoms with E-state index in [1.54, 1.807) is 0 Å². The smallest absolute Gasteiger partial charge is 0.483 e. The molecule has 15 heteroatoms. The molecule has 0 spiro atoms. The van der Waals surface area contributed by atoms with Crippen molar-refractivity contribution in [2.75, 3.05) is 0 Å². The molecule has 1 unspecified atom stereocenters. The number of hydrogen-bond donors (Lipinski definition) is 1. The molecule has 0 radical (unpaired) electrons. The van der Waals surface area contributed by atoms with Crippen LogP contribution < -0.4 is 20.3 Å². The molecule has 4 aromatic rings. The van der Waals surface area contributed by atoms with Crippen LogP contribution in [0.4, 0.5) is 26.3 Å². The van der Waals surface area contributed by atoms with Crippen LogP contribution in [0, 0.1) is 11.6 Å². The molecule has 2 aromatic heterocycles. The lowest BCUT2D eigenvalue weighted by Crippen LogP contribution is -2.23. The van der Waals surface area contributed by atoms with E-state index in [2.05, 4.69) is 20.4 Å². The minimum Gasteiger partial charge on any atom is -0.483 e. The Bertz CT molecular complexity index is 1570. The van der Waals surface area contributed by atoms with E-state index in [0.717, 1.165) is 28.9 Å². The number of alkyl halides is 4. The van der Waals surface area contributed by atoms with Crippen LogP contribution in [0.5, 0.6) is 11.5 Å². The van der Waals surface area contributed by atoms with Crippen molar-refractivity contribution in [3.8, 4) is 11.5 Å². The number of hydrogen-bond acceptors (Lipinski definition) is 6. The minimum atomic E-state index is -4.85. The number of aryl methyl sites for hydroxylation is 1. The number of rotatable bonds is 12. The van der Waals surface area contributed by atoms with E-state index < -0.39 is 47.1 Å². The summed E-state index contributed by atoms with van der Waals surface area (Å²) in [5.74, 6) is -3.41. The first-order valence-electron chi connectivity index (χ1n) is 12.4. The van der Waals surface area contributed by atoms with Gasteiger partial charge in [0.1, 0.15) is 18.5 Å². The number of aromatic nitrogens is 4. The molecular formula is C27H23F6N5O4.